The van der Waals surface area contributed by atoms with Crippen LogP contribution in [0.15, 0.2) is 48.9 Å². The number of hydrogen-bond donors (Lipinski definition) is 2. The zero-order chi connectivity index (χ0) is 25.9. The van der Waals surface area contributed by atoms with Crippen LogP contribution in [0.25, 0.3) is 11.2 Å². The number of hydrogen-bond acceptors (Lipinski definition) is 8. The van der Waals surface area contributed by atoms with Crippen LogP contribution < -0.4 is 15.4 Å². The van der Waals surface area contributed by atoms with Crippen LogP contribution in [0.3, 0.4) is 0 Å². The SMILES string of the molecule is Cc1cc(C#N)ncc1Oc1cc(Nc2ccc(CNC(=O)OC(C)(C)C)cc2)c2ncn(C)c2n1. The standard InChI is InChI=1S/C26H27N7O3/c1-16-10-19(12-27)28-14-21(16)35-22-11-20(23-24(32-22)33(5)15-30-23)31-18-8-6-17(7-9-18)13-29-25(34)36-26(2,3)4/h6-11,14-15H,13H2,1-5H3,(H,29,34)(H,31,32). The molecule has 4 aromatic rings. The Hall–Kier alpha value is -4.65. The van der Waals surface area contributed by atoms with E-state index in [-0.39, 0.29) is 0 Å². The number of pyridine rings is 2. The maximum atomic E-state index is 11.9. The first kappa shape index (κ1) is 24.5. The van der Waals surface area contributed by atoms with E-state index in [1.54, 1.807) is 18.5 Å². The second kappa shape index (κ2) is 9.92. The van der Waals surface area contributed by atoms with Gasteiger partial charge in [-0.25, -0.2) is 14.8 Å². The first-order valence-corrected chi connectivity index (χ1v) is 11.3. The van der Waals surface area contributed by atoms with E-state index in [1.165, 1.54) is 6.20 Å². The zero-order valence-electron chi connectivity index (χ0n) is 20.8. The number of amides is 1. The van der Waals surface area contributed by atoms with Crippen LogP contribution in [0, 0.1) is 18.3 Å². The van der Waals surface area contributed by atoms with E-state index < -0.39 is 11.7 Å². The number of benzene rings is 1. The summed E-state index contributed by atoms with van der Waals surface area (Å²) in [4.78, 5) is 25.0. The lowest BCUT2D eigenvalue weighted by Crippen LogP contribution is -2.32. The second-order valence-electron chi connectivity index (χ2n) is 9.26. The molecule has 0 unspecified atom stereocenters. The Morgan fingerprint density at radius 2 is 1.92 bits per heavy atom. The van der Waals surface area contributed by atoms with Crippen LogP contribution in [-0.4, -0.2) is 31.2 Å². The molecule has 0 bridgehead atoms. The van der Waals surface area contributed by atoms with Gasteiger partial charge in [0.05, 0.1) is 18.2 Å². The van der Waals surface area contributed by atoms with Crippen molar-refractivity contribution in [2.24, 2.45) is 7.05 Å². The molecule has 36 heavy (non-hydrogen) atoms. The summed E-state index contributed by atoms with van der Waals surface area (Å²) in [5.74, 6) is 0.872. The Morgan fingerprint density at radius 3 is 2.58 bits per heavy atom. The van der Waals surface area contributed by atoms with Gasteiger partial charge in [0.1, 0.15) is 22.9 Å². The fourth-order valence-corrected chi connectivity index (χ4v) is 3.40. The number of ether oxygens (including phenoxy) is 2. The van der Waals surface area contributed by atoms with Crippen molar-refractivity contribution in [3.63, 3.8) is 0 Å². The second-order valence-corrected chi connectivity index (χ2v) is 9.26. The molecule has 1 aromatic carbocycles. The average molecular weight is 486 g/mol. The number of nitrogens with one attached hydrogen (secondary N) is 2. The third kappa shape index (κ3) is 5.88. The number of nitrogens with zero attached hydrogens (tertiary/aromatic N) is 5. The average Bonchev–Trinajstić information content (AvgIpc) is 3.19. The van der Waals surface area contributed by atoms with Gasteiger partial charge in [-0.15, -0.1) is 0 Å². The van der Waals surface area contributed by atoms with Crippen LogP contribution in [-0.2, 0) is 18.3 Å². The van der Waals surface area contributed by atoms with E-state index in [0.29, 0.717) is 35.0 Å². The third-order valence-electron chi connectivity index (χ3n) is 5.11. The highest BCUT2D eigenvalue weighted by atomic mass is 16.6. The highest BCUT2D eigenvalue weighted by Crippen LogP contribution is 2.31. The van der Waals surface area contributed by atoms with Gasteiger partial charge in [0.25, 0.3) is 0 Å². The lowest BCUT2D eigenvalue weighted by atomic mass is 10.2. The topological polar surface area (TPSA) is 127 Å². The number of alkyl carbamates (subject to hydrolysis) is 1. The van der Waals surface area contributed by atoms with Gasteiger partial charge in [-0.05, 0) is 57.0 Å². The summed E-state index contributed by atoms with van der Waals surface area (Å²) in [6.45, 7) is 7.67. The van der Waals surface area contributed by atoms with Gasteiger partial charge in [0.2, 0.25) is 5.88 Å². The largest absolute Gasteiger partial charge is 0.444 e. The fourth-order valence-electron chi connectivity index (χ4n) is 3.40. The molecule has 0 radical (unpaired) electrons. The molecule has 10 heteroatoms. The van der Waals surface area contributed by atoms with Crippen molar-refractivity contribution < 1.29 is 14.3 Å². The van der Waals surface area contributed by atoms with E-state index in [2.05, 4.69) is 25.6 Å². The molecule has 0 saturated carbocycles. The first-order valence-electron chi connectivity index (χ1n) is 11.3. The molecule has 4 rings (SSSR count). The van der Waals surface area contributed by atoms with Crippen molar-refractivity contribution in [2.45, 2.75) is 39.8 Å². The van der Waals surface area contributed by atoms with Gasteiger partial charge in [0.15, 0.2) is 11.4 Å². The Labute approximate surface area is 208 Å². The van der Waals surface area contributed by atoms with Crippen molar-refractivity contribution >= 4 is 28.6 Å². The maximum Gasteiger partial charge on any atom is 0.407 e. The van der Waals surface area contributed by atoms with E-state index in [0.717, 1.165) is 22.5 Å². The Morgan fingerprint density at radius 1 is 1.17 bits per heavy atom. The van der Waals surface area contributed by atoms with Gasteiger partial charge in [-0.1, -0.05) is 12.1 Å². The van der Waals surface area contributed by atoms with Crippen LogP contribution in [0.5, 0.6) is 11.6 Å². The number of carbonyl (C=O) groups is 1. The molecule has 0 atom stereocenters. The van der Waals surface area contributed by atoms with Crippen molar-refractivity contribution in [3.05, 3.63) is 65.7 Å². The van der Waals surface area contributed by atoms with E-state index in [4.69, 9.17) is 14.7 Å². The maximum absolute atomic E-state index is 11.9. The molecular weight excluding hydrogens is 458 g/mol. The van der Waals surface area contributed by atoms with Crippen LogP contribution in [0.2, 0.25) is 0 Å². The molecule has 1 amide bonds. The highest BCUT2D eigenvalue weighted by Gasteiger charge is 2.16. The molecular formula is C26H27N7O3. The van der Waals surface area contributed by atoms with Gasteiger partial charge in [-0.2, -0.15) is 10.2 Å². The highest BCUT2D eigenvalue weighted by molar-refractivity contribution is 5.88. The lowest BCUT2D eigenvalue weighted by molar-refractivity contribution is 0.0523. The molecule has 3 heterocycles. The molecule has 0 spiro atoms. The Kier molecular flexibility index (Phi) is 6.74. The predicted octanol–water partition coefficient (Wildman–Crippen LogP) is 5.10. The van der Waals surface area contributed by atoms with Crippen LogP contribution in [0.1, 0.15) is 37.6 Å². The third-order valence-corrected chi connectivity index (χ3v) is 5.11. The summed E-state index contributed by atoms with van der Waals surface area (Å²) >= 11 is 0. The van der Waals surface area contributed by atoms with Crippen molar-refractivity contribution in [1.82, 2.24) is 24.8 Å². The first-order chi connectivity index (χ1) is 17.1. The molecule has 0 aliphatic heterocycles. The zero-order valence-corrected chi connectivity index (χ0v) is 20.8. The van der Waals surface area contributed by atoms with Crippen molar-refractivity contribution in [3.8, 4) is 17.7 Å². The number of nitriles is 1. The normalized spacial score (nSPS) is 11.1. The van der Waals surface area contributed by atoms with Crippen LogP contribution >= 0.6 is 0 Å². The molecule has 0 saturated heterocycles. The van der Waals surface area contributed by atoms with Crippen molar-refractivity contribution in [2.75, 3.05) is 5.32 Å². The number of rotatable bonds is 6. The van der Waals surface area contributed by atoms with Gasteiger partial charge in [-0.3, -0.25) is 0 Å². The summed E-state index contributed by atoms with van der Waals surface area (Å²) in [6.07, 6.45) is 2.74. The quantitative estimate of drug-likeness (QED) is 0.386. The van der Waals surface area contributed by atoms with E-state index >= 15 is 0 Å². The van der Waals surface area contributed by atoms with Crippen LogP contribution in [0.4, 0.5) is 16.2 Å². The minimum Gasteiger partial charge on any atom is -0.444 e. The Bertz CT molecular complexity index is 1450. The molecule has 0 aliphatic carbocycles. The summed E-state index contributed by atoms with van der Waals surface area (Å²) < 4.78 is 13.1. The molecule has 3 aromatic heterocycles. The molecule has 0 aliphatic rings. The summed E-state index contributed by atoms with van der Waals surface area (Å²) in [6, 6.07) is 13.1. The summed E-state index contributed by atoms with van der Waals surface area (Å²) in [7, 11) is 1.86. The predicted molar refractivity (Wildman–Crippen MR) is 135 cm³/mol. The monoisotopic (exact) mass is 485 g/mol. The number of fused-ring (bicyclic) bond motifs is 1. The number of carbonyl (C=O) groups excluding carboxylic acids is 1. The number of anilines is 2. The minimum absolute atomic E-state index is 0.321. The summed E-state index contributed by atoms with van der Waals surface area (Å²) in [5.41, 5.74) is 4.36. The van der Waals surface area contributed by atoms with Gasteiger partial charge in [0, 0.05) is 25.3 Å². The summed E-state index contributed by atoms with van der Waals surface area (Å²) in [5, 5.41) is 15.2. The van der Waals surface area contributed by atoms with E-state index in [9.17, 15) is 4.79 Å². The molecule has 2 N–H and O–H groups in total. The fraction of sp³-hybridized carbons (Fsp3) is 0.269. The Balaban J connectivity index is 1.52. The molecule has 184 valence electrons. The number of imidazole rings is 1. The number of aryl methyl sites for hydroxylation is 2. The van der Waals surface area contributed by atoms with E-state index in [1.807, 2.05) is 69.6 Å². The van der Waals surface area contributed by atoms with Gasteiger partial charge >= 0.3 is 6.09 Å². The minimum atomic E-state index is -0.545. The molecule has 0 fully saturated rings. The van der Waals surface area contributed by atoms with Gasteiger partial charge < -0.3 is 24.7 Å². The number of aromatic nitrogens is 4. The molecule has 10 nitrogen and oxygen atoms in total. The van der Waals surface area contributed by atoms with Crippen molar-refractivity contribution in [1.29, 1.82) is 5.26 Å². The smallest absolute Gasteiger partial charge is 0.407 e. The lowest BCUT2D eigenvalue weighted by Gasteiger charge is -2.19.